The largest absolute Gasteiger partial charge is 0.478 e. The molecule has 1 aliphatic rings. The number of nitrogens with zero attached hydrogens (tertiary/aromatic N) is 3. The average molecular weight is 380 g/mol. The number of hydrogen-bond acceptors (Lipinski definition) is 6. The normalized spacial score (nSPS) is 15.3. The minimum absolute atomic E-state index is 0.0974. The van der Waals surface area contributed by atoms with Crippen LogP contribution in [0.25, 0.3) is 21.8 Å². The molecule has 0 radical (unpaired) electrons. The van der Waals surface area contributed by atoms with Gasteiger partial charge < -0.3 is 15.5 Å². The van der Waals surface area contributed by atoms with Crippen LogP contribution in [0, 0.1) is 11.8 Å². The van der Waals surface area contributed by atoms with E-state index in [0.29, 0.717) is 35.5 Å². The molecule has 4 rings (SSSR count). The molecule has 28 heavy (non-hydrogen) atoms. The Kier molecular flexibility index (Phi) is 4.85. The Bertz CT molecular complexity index is 1050. The number of carboxylic acids is 1. The minimum atomic E-state index is -0.976. The fourth-order valence-electron chi connectivity index (χ4n) is 3.32. The Morgan fingerprint density at radius 2 is 2.04 bits per heavy atom. The number of nitrogens with one attached hydrogen (secondary N) is 1. The summed E-state index contributed by atoms with van der Waals surface area (Å²) in [6.45, 7) is 4.26. The molecule has 146 valence electrons. The SMILES string of the molecule is CC(C)C(CO)Cc1ncc2c(n1)c(NC1CC1)nc1cc(C(=O)O)ccc12. The summed E-state index contributed by atoms with van der Waals surface area (Å²) < 4.78 is 0. The fraction of sp³-hybridized carbons (Fsp3) is 0.429. The van der Waals surface area contributed by atoms with Crippen molar-refractivity contribution in [2.75, 3.05) is 11.9 Å². The van der Waals surface area contributed by atoms with Crippen molar-refractivity contribution in [2.24, 2.45) is 11.8 Å². The number of benzene rings is 1. The van der Waals surface area contributed by atoms with Crippen molar-refractivity contribution in [2.45, 2.75) is 39.2 Å². The predicted octanol–water partition coefficient (Wildman–Crippen LogP) is 3.26. The van der Waals surface area contributed by atoms with Crippen LogP contribution in [0.1, 0.15) is 42.9 Å². The lowest BCUT2D eigenvalue weighted by molar-refractivity contribution is 0.0697. The molecule has 0 bridgehead atoms. The van der Waals surface area contributed by atoms with Gasteiger partial charge in [0.15, 0.2) is 5.82 Å². The summed E-state index contributed by atoms with van der Waals surface area (Å²) in [5.41, 5.74) is 1.56. The van der Waals surface area contributed by atoms with E-state index in [2.05, 4.69) is 29.1 Å². The number of aliphatic hydroxyl groups is 1. The Balaban J connectivity index is 1.85. The first-order valence-corrected chi connectivity index (χ1v) is 9.66. The van der Waals surface area contributed by atoms with Gasteiger partial charge in [-0.15, -0.1) is 0 Å². The molecule has 3 N–H and O–H groups in total. The number of carbonyl (C=O) groups is 1. The Hall–Kier alpha value is -2.80. The van der Waals surface area contributed by atoms with Gasteiger partial charge in [0.05, 0.1) is 11.1 Å². The smallest absolute Gasteiger partial charge is 0.335 e. The van der Waals surface area contributed by atoms with Crippen LogP contribution in [-0.2, 0) is 6.42 Å². The lowest BCUT2D eigenvalue weighted by Gasteiger charge is -2.17. The molecule has 0 aliphatic heterocycles. The quantitative estimate of drug-likeness (QED) is 0.540. The van der Waals surface area contributed by atoms with Gasteiger partial charge in [-0.2, -0.15) is 0 Å². The fourth-order valence-corrected chi connectivity index (χ4v) is 3.32. The molecule has 1 atom stereocenters. The van der Waals surface area contributed by atoms with E-state index < -0.39 is 5.97 Å². The van der Waals surface area contributed by atoms with Crippen molar-refractivity contribution in [3.8, 4) is 0 Å². The van der Waals surface area contributed by atoms with Gasteiger partial charge in [-0.1, -0.05) is 19.9 Å². The van der Waals surface area contributed by atoms with Crippen LogP contribution in [0.5, 0.6) is 0 Å². The van der Waals surface area contributed by atoms with Crippen LogP contribution in [0.2, 0.25) is 0 Å². The van der Waals surface area contributed by atoms with Gasteiger partial charge in [0.1, 0.15) is 11.3 Å². The summed E-state index contributed by atoms with van der Waals surface area (Å²) in [6, 6.07) is 5.32. The molecular formula is C21H24N4O3. The van der Waals surface area contributed by atoms with E-state index in [1.165, 1.54) is 0 Å². The van der Waals surface area contributed by atoms with Gasteiger partial charge in [-0.25, -0.2) is 19.7 Å². The second-order valence-electron chi connectivity index (χ2n) is 7.86. The van der Waals surface area contributed by atoms with Crippen molar-refractivity contribution in [3.63, 3.8) is 0 Å². The number of hydrogen-bond donors (Lipinski definition) is 3. The molecular weight excluding hydrogens is 356 g/mol. The van der Waals surface area contributed by atoms with Crippen LogP contribution in [0.3, 0.4) is 0 Å². The molecule has 3 aromatic rings. The zero-order valence-corrected chi connectivity index (χ0v) is 16.0. The molecule has 0 spiro atoms. The van der Waals surface area contributed by atoms with Crippen molar-refractivity contribution >= 4 is 33.6 Å². The van der Waals surface area contributed by atoms with E-state index in [1.54, 1.807) is 24.4 Å². The Morgan fingerprint density at radius 1 is 1.25 bits per heavy atom. The lowest BCUT2D eigenvalue weighted by Crippen LogP contribution is -2.18. The standard InChI is InChI=1S/C21H24N4O3/c1-11(2)13(10-26)8-18-22-9-16-15-6-3-12(21(27)28)7-17(15)24-20(19(16)25-18)23-14-4-5-14/h3,6-7,9,11,13-14,26H,4-5,8,10H2,1-2H3,(H,23,24)(H,27,28). The molecule has 0 amide bonds. The maximum atomic E-state index is 11.3. The average Bonchev–Trinajstić information content (AvgIpc) is 3.49. The van der Waals surface area contributed by atoms with Gasteiger partial charge in [0.2, 0.25) is 0 Å². The minimum Gasteiger partial charge on any atom is -0.478 e. The van der Waals surface area contributed by atoms with E-state index in [0.717, 1.165) is 29.1 Å². The summed E-state index contributed by atoms with van der Waals surface area (Å²) in [5, 5.41) is 24.0. The number of aromatic nitrogens is 3. The van der Waals surface area contributed by atoms with Crippen molar-refractivity contribution in [3.05, 3.63) is 35.8 Å². The number of anilines is 1. The monoisotopic (exact) mass is 380 g/mol. The van der Waals surface area contributed by atoms with Crippen LogP contribution in [0.15, 0.2) is 24.4 Å². The van der Waals surface area contributed by atoms with Crippen LogP contribution < -0.4 is 5.32 Å². The predicted molar refractivity (Wildman–Crippen MR) is 108 cm³/mol. The highest BCUT2D eigenvalue weighted by atomic mass is 16.4. The topological polar surface area (TPSA) is 108 Å². The van der Waals surface area contributed by atoms with E-state index in [1.807, 2.05) is 0 Å². The van der Waals surface area contributed by atoms with Gasteiger partial charge in [-0.05, 0) is 36.8 Å². The number of rotatable bonds is 7. The Labute approximate surface area is 162 Å². The summed E-state index contributed by atoms with van der Waals surface area (Å²) in [6.07, 6.45) is 4.57. The molecule has 2 heterocycles. The first-order valence-electron chi connectivity index (χ1n) is 9.66. The molecule has 7 nitrogen and oxygen atoms in total. The van der Waals surface area contributed by atoms with Gasteiger partial charge in [0, 0.05) is 36.0 Å². The van der Waals surface area contributed by atoms with Crippen molar-refractivity contribution in [1.29, 1.82) is 0 Å². The third-order valence-electron chi connectivity index (χ3n) is 5.37. The Morgan fingerprint density at radius 3 is 2.68 bits per heavy atom. The highest BCUT2D eigenvalue weighted by molar-refractivity contribution is 6.09. The summed E-state index contributed by atoms with van der Waals surface area (Å²) in [7, 11) is 0. The molecule has 0 saturated heterocycles. The third kappa shape index (κ3) is 3.62. The molecule has 1 unspecified atom stereocenters. The van der Waals surface area contributed by atoms with Gasteiger partial charge in [-0.3, -0.25) is 0 Å². The van der Waals surface area contributed by atoms with E-state index in [9.17, 15) is 15.0 Å². The van der Waals surface area contributed by atoms with Crippen LogP contribution in [0.4, 0.5) is 5.82 Å². The third-order valence-corrected chi connectivity index (χ3v) is 5.37. The number of fused-ring (bicyclic) bond motifs is 3. The highest BCUT2D eigenvalue weighted by Gasteiger charge is 2.24. The lowest BCUT2D eigenvalue weighted by atomic mass is 9.93. The van der Waals surface area contributed by atoms with Crippen molar-refractivity contribution in [1.82, 2.24) is 15.0 Å². The molecule has 1 aliphatic carbocycles. The number of aromatic carboxylic acids is 1. The van der Waals surface area contributed by atoms with Crippen LogP contribution >= 0.6 is 0 Å². The van der Waals surface area contributed by atoms with E-state index in [-0.39, 0.29) is 18.1 Å². The first-order chi connectivity index (χ1) is 13.5. The van der Waals surface area contributed by atoms with E-state index in [4.69, 9.17) is 4.98 Å². The maximum Gasteiger partial charge on any atom is 0.335 e. The second kappa shape index (κ2) is 7.31. The zero-order valence-electron chi connectivity index (χ0n) is 16.0. The zero-order chi connectivity index (χ0) is 19.8. The summed E-state index contributed by atoms with van der Waals surface area (Å²) in [5.74, 6) is 0.806. The van der Waals surface area contributed by atoms with Crippen LogP contribution in [-0.4, -0.2) is 43.8 Å². The summed E-state index contributed by atoms with van der Waals surface area (Å²) >= 11 is 0. The molecule has 1 aromatic carbocycles. The molecule has 1 saturated carbocycles. The maximum absolute atomic E-state index is 11.3. The highest BCUT2D eigenvalue weighted by Crippen LogP contribution is 2.32. The molecule has 1 fully saturated rings. The molecule has 2 aromatic heterocycles. The number of carboxylic acid groups (broad SMARTS) is 1. The summed E-state index contributed by atoms with van der Waals surface area (Å²) in [4.78, 5) is 25.3. The van der Waals surface area contributed by atoms with Gasteiger partial charge in [0.25, 0.3) is 0 Å². The van der Waals surface area contributed by atoms with Gasteiger partial charge >= 0.3 is 5.97 Å². The first kappa shape index (κ1) is 18.6. The number of pyridine rings is 1. The molecule has 7 heteroatoms. The van der Waals surface area contributed by atoms with E-state index >= 15 is 0 Å². The number of aliphatic hydroxyl groups excluding tert-OH is 1. The van der Waals surface area contributed by atoms with Crippen molar-refractivity contribution < 1.29 is 15.0 Å². The second-order valence-corrected chi connectivity index (χ2v) is 7.86.